The highest BCUT2D eigenvalue weighted by Crippen LogP contribution is 2.43. The molecule has 0 bridgehead atoms. The molecule has 0 aromatic carbocycles. The van der Waals surface area contributed by atoms with Gasteiger partial charge in [-0.1, -0.05) is 33.6 Å². The van der Waals surface area contributed by atoms with Crippen molar-refractivity contribution in [3.8, 4) is 0 Å². The summed E-state index contributed by atoms with van der Waals surface area (Å²) in [5.41, 5.74) is 4.32. The summed E-state index contributed by atoms with van der Waals surface area (Å²) in [5.74, 6) is 0.608. The molecule has 182 valence electrons. The topological polar surface area (TPSA) is 68.6 Å². The first kappa shape index (κ1) is 24.0. The van der Waals surface area contributed by atoms with Crippen LogP contribution in [0.1, 0.15) is 93.0 Å². The third-order valence-corrected chi connectivity index (χ3v) is 8.18. The van der Waals surface area contributed by atoms with E-state index >= 15 is 0 Å². The molecular weight excluding hydrogens is 416 g/mol. The fourth-order valence-electron chi connectivity index (χ4n) is 6.02. The van der Waals surface area contributed by atoms with E-state index in [2.05, 4.69) is 6.92 Å². The fraction of sp³-hybridized carbons (Fsp3) is 0.741. The molecule has 6 heteroatoms. The normalized spacial score (nSPS) is 22.1. The minimum atomic E-state index is -0.619. The first-order chi connectivity index (χ1) is 15.7. The third kappa shape index (κ3) is 4.63. The molecule has 0 saturated carbocycles. The van der Waals surface area contributed by atoms with E-state index in [1.54, 1.807) is 0 Å². The number of esters is 1. The van der Waals surface area contributed by atoms with Gasteiger partial charge >= 0.3 is 5.97 Å². The highest BCUT2D eigenvalue weighted by molar-refractivity contribution is 5.87. The van der Waals surface area contributed by atoms with Gasteiger partial charge in [0.1, 0.15) is 0 Å². The van der Waals surface area contributed by atoms with E-state index in [4.69, 9.17) is 4.74 Å². The van der Waals surface area contributed by atoms with Gasteiger partial charge in [-0.25, -0.2) is 0 Å². The Hall–Kier alpha value is -2.11. The van der Waals surface area contributed by atoms with E-state index in [0.717, 1.165) is 70.0 Å². The van der Waals surface area contributed by atoms with Crippen LogP contribution in [-0.2, 0) is 40.0 Å². The molecule has 4 rings (SSSR count). The van der Waals surface area contributed by atoms with Gasteiger partial charge in [0.2, 0.25) is 11.8 Å². The summed E-state index contributed by atoms with van der Waals surface area (Å²) in [4.78, 5) is 40.6. The predicted octanol–water partition coefficient (Wildman–Crippen LogP) is 4.35. The molecule has 2 atom stereocenters. The van der Waals surface area contributed by atoms with Crippen molar-refractivity contribution in [1.82, 2.24) is 9.47 Å². The minimum absolute atomic E-state index is 0.0621. The quantitative estimate of drug-likeness (QED) is 0.431. The highest BCUT2D eigenvalue weighted by atomic mass is 16.5. The summed E-state index contributed by atoms with van der Waals surface area (Å²) in [6.45, 7) is 7.14. The number of fused-ring (bicyclic) bond motifs is 4. The number of aromatic nitrogens is 1. The minimum Gasteiger partial charge on any atom is -0.466 e. The lowest BCUT2D eigenvalue weighted by Gasteiger charge is -2.39. The zero-order chi connectivity index (χ0) is 23.8. The van der Waals surface area contributed by atoms with Crippen LogP contribution in [0.15, 0.2) is 0 Å². The maximum Gasteiger partial charge on any atom is 0.305 e. The van der Waals surface area contributed by atoms with Crippen LogP contribution < -0.4 is 0 Å². The van der Waals surface area contributed by atoms with Crippen LogP contribution in [0.5, 0.6) is 0 Å². The van der Waals surface area contributed by atoms with Gasteiger partial charge in [0.15, 0.2) is 0 Å². The van der Waals surface area contributed by atoms with Crippen molar-refractivity contribution >= 4 is 17.8 Å². The summed E-state index contributed by atoms with van der Waals surface area (Å²) >= 11 is 0. The number of unbranched alkanes of at least 4 members (excludes halogenated alkanes) is 2. The Morgan fingerprint density at radius 2 is 1.88 bits per heavy atom. The standard InChI is InChI=1S/C27H40N2O4/c1-5-6-7-11-24(30)33-15-13-27(2,3)26(32)29-22-10-8-9-19(22)21-17-20-18(16-23(21)29)12-14-28(4)25(20)31/h18,20H,5-17H2,1-4H3/t18-,20-/m0/s1. The molecule has 1 amide bonds. The Balaban J connectivity index is 1.51. The second kappa shape index (κ2) is 9.63. The maximum absolute atomic E-state index is 13.9. The van der Waals surface area contributed by atoms with E-state index in [1.165, 1.54) is 16.8 Å². The van der Waals surface area contributed by atoms with E-state index in [-0.39, 0.29) is 30.3 Å². The number of hydrogen-bond acceptors (Lipinski definition) is 4. The molecule has 0 spiro atoms. The Bertz CT molecular complexity index is 929. The third-order valence-electron chi connectivity index (χ3n) is 8.18. The number of amides is 1. The summed E-state index contributed by atoms with van der Waals surface area (Å²) in [6.07, 6.45) is 9.56. The van der Waals surface area contributed by atoms with Crippen molar-refractivity contribution in [2.24, 2.45) is 17.3 Å². The molecule has 2 aliphatic carbocycles. The molecule has 1 aromatic rings. The van der Waals surface area contributed by atoms with Gasteiger partial charge in [-0.15, -0.1) is 0 Å². The number of piperidine rings is 1. The van der Waals surface area contributed by atoms with Gasteiger partial charge in [0, 0.05) is 42.7 Å². The van der Waals surface area contributed by atoms with Crippen LogP contribution in [-0.4, -0.2) is 47.4 Å². The van der Waals surface area contributed by atoms with Gasteiger partial charge in [-0.3, -0.25) is 19.0 Å². The maximum atomic E-state index is 13.9. The molecule has 6 nitrogen and oxygen atoms in total. The zero-order valence-electron chi connectivity index (χ0n) is 20.9. The smallest absolute Gasteiger partial charge is 0.305 e. The van der Waals surface area contributed by atoms with Crippen molar-refractivity contribution in [2.45, 2.75) is 91.4 Å². The molecule has 0 N–H and O–H groups in total. The van der Waals surface area contributed by atoms with Crippen LogP contribution in [0.3, 0.4) is 0 Å². The first-order valence-electron chi connectivity index (χ1n) is 12.9. The van der Waals surface area contributed by atoms with Crippen molar-refractivity contribution in [2.75, 3.05) is 20.2 Å². The molecule has 1 saturated heterocycles. The van der Waals surface area contributed by atoms with E-state index in [0.29, 0.717) is 18.8 Å². The number of rotatable bonds is 8. The summed E-state index contributed by atoms with van der Waals surface area (Å²) < 4.78 is 7.47. The molecule has 3 aliphatic rings. The summed E-state index contributed by atoms with van der Waals surface area (Å²) in [5, 5.41) is 0. The average molecular weight is 457 g/mol. The van der Waals surface area contributed by atoms with E-state index < -0.39 is 5.41 Å². The second-order valence-electron chi connectivity index (χ2n) is 11.0. The van der Waals surface area contributed by atoms with Crippen LogP contribution in [0.2, 0.25) is 0 Å². The van der Waals surface area contributed by atoms with Crippen LogP contribution in [0.25, 0.3) is 0 Å². The molecule has 33 heavy (non-hydrogen) atoms. The van der Waals surface area contributed by atoms with Crippen molar-refractivity contribution in [1.29, 1.82) is 0 Å². The summed E-state index contributed by atoms with van der Waals surface area (Å²) in [7, 11) is 1.91. The molecule has 1 aromatic heterocycles. The molecule has 1 aliphatic heterocycles. The number of likely N-dealkylation sites (tertiary alicyclic amines) is 1. The molecular formula is C27H40N2O4. The Labute approximate surface area is 198 Å². The lowest BCUT2D eigenvalue weighted by Crippen LogP contribution is -2.47. The number of ether oxygens (including phenoxy) is 1. The first-order valence-corrected chi connectivity index (χ1v) is 12.9. The average Bonchev–Trinajstić information content (AvgIpc) is 3.35. The fourth-order valence-corrected chi connectivity index (χ4v) is 6.02. The number of nitrogens with zero attached hydrogens (tertiary/aromatic N) is 2. The molecule has 2 heterocycles. The van der Waals surface area contributed by atoms with E-state index in [9.17, 15) is 14.4 Å². The second-order valence-corrected chi connectivity index (χ2v) is 11.0. The monoisotopic (exact) mass is 456 g/mol. The number of hydrogen-bond donors (Lipinski definition) is 0. The van der Waals surface area contributed by atoms with Gasteiger partial charge in [-0.2, -0.15) is 0 Å². The molecule has 1 fully saturated rings. The van der Waals surface area contributed by atoms with Gasteiger partial charge in [-0.05, 0) is 68.4 Å². The Kier molecular flexibility index (Phi) is 7.01. The lowest BCUT2D eigenvalue weighted by molar-refractivity contribution is -0.144. The van der Waals surface area contributed by atoms with Gasteiger partial charge in [0.25, 0.3) is 0 Å². The number of carbonyl (C=O) groups is 3. The summed E-state index contributed by atoms with van der Waals surface area (Å²) in [6, 6.07) is 0. The van der Waals surface area contributed by atoms with Gasteiger partial charge < -0.3 is 9.64 Å². The van der Waals surface area contributed by atoms with Crippen LogP contribution in [0, 0.1) is 17.3 Å². The number of carbonyl (C=O) groups excluding carboxylic acids is 3. The molecule has 0 radical (unpaired) electrons. The predicted molar refractivity (Wildman–Crippen MR) is 127 cm³/mol. The van der Waals surface area contributed by atoms with Crippen molar-refractivity contribution in [3.05, 3.63) is 22.5 Å². The largest absolute Gasteiger partial charge is 0.466 e. The van der Waals surface area contributed by atoms with Crippen molar-refractivity contribution < 1.29 is 19.1 Å². The lowest BCUT2D eigenvalue weighted by atomic mass is 9.73. The van der Waals surface area contributed by atoms with Crippen LogP contribution >= 0.6 is 0 Å². The van der Waals surface area contributed by atoms with Crippen LogP contribution in [0.4, 0.5) is 0 Å². The SMILES string of the molecule is CCCCCC(=O)OCCC(C)(C)C(=O)n1c2c(c3c1C[C@@H]1CCN(C)C(=O)[C@H]1C3)CCC2. The van der Waals surface area contributed by atoms with Gasteiger partial charge in [0.05, 0.1) is 6.61 Å². The zero-order valence-corrected chi connectivity index (χ0v) is 20.9. The molecule has 0 unspecified atom stereocenters. The Morgan fingerprint density at radius 1 is 1.09 bits per heavy atom. The van der Waals surface area contributed by atoms with E-state index in [1.807, 2.05) is 30.4 Å². The van der Waals surface area contributed by atoms with Crippen molar-refractivity contribution in [3.63, 3.8) is 0 Å². The highest BCUT2D eigenvalue weighted by Gasteiger charge is 2.44. The Morgan fingerprint density at radius 3 is 2.64 bits per heavy atom.